The molecule has 1 aromatic rings. The summed E-state index contributed by atoms with van der Waals surface area (Å²) in [5, 5.41) is 1.35. The Labute approximate surface area is 120 Å². The molecule has 1 unspecified atom stereocenters. The molecule has 18 heavy (non-hydrogen) atoms. The van der Waals surface area contributed by atoms with Crippen molar-refractivity contribution in [2.75, 3.05) is 25.1 Å². The minimum absolute atomic E-state index is 0.0182. The highest BCUT2D eigenvalue weighted by molar-refractivity contribution is 9.09. The zero-order chi connectivity index (χ0) is 13.1. The predicted molar refractivity (Wildman–Crippen MR) is 75.6 cm³/mol. The molecule has 0 N–H and O–H groups in total. The number of carbonyl (C=O) groups excluding carboxylic acids is 1. The number of alkyl halides is 1. The van der Waals surface area contributed by atoms with E-state index in [2.05, 4.69) is 15.9 Å². The van der Waals surface area contributed by atoms with E-state index < -0.39 is 0 Å². The van der Waals surface area contributed by atoms with Crippen molar-refractivity contribution in [2.45, 2.75) is 13.0 Å². The molecule has 3 nitrogen and oxygen atoms in total. The summed E-state index contributed by atoms with van der Waals surface area (Å²) in [6.45, 7) is 3.72. The molecule has 0 aliphatic carbocycles. The molecule has 2 rings (SSSR count). The maximum atomic E-state index is 12.4. The van der Waals surface area contributed by atoms with Crippen LogP contribution in [0.2, 0.25) is 5.02 Å². The van der Waals surface area contributed by atoms with Crippen LogP contribution in [0, 0.1) is 6.92 Å². The van der Waals surface area contributed by atoms with E-state index in [1.807, 2.05) is 24.0 Å². The molecule has 1 fully saturated rings. The van der Waals surface area contributed by atoms with Gasteiger partial charge in [-0.3, -0.25) is 4.79 Å². The number of aryl methyl sites for hydroxylation is 1. The van der Waals surface area contributed by atoms with Gasteiger partial charge in [-0.2, -0.15) is 0 Å². The molecule has 1 aliphatic rings. The lowest BCUT2D eigenvalue weighted by Gasteiger charge is -2.34. The fraction of sp³-hybridized carbons (Fsp3) is 0.462. The summed E-state index contributed by atoms with van der Waals surface area (Å²) in [6, 6.07) is 5.52. The van der Waals surface area contributed by atoms with Crippen LogP contribution in [0.4, 0.5) is 0 Å². The van der Waals surface area contributed by atoms with Crippen molar-refractivity contribution in [1.82, 2.24) is 4.90 Å². The number of morpholine rings is 1. The normalized spacial score (nSPS) is 19.9. The van der Waals surface area contributed by atoms with E-state index in [0.29, 0.717) is 30.3 Å². The van der Waals surface area contributed by atoms with Crippen molar-refractivity contribution in [3.63, 3.8) is 0 Å². The molecule has 0 aromatic heterocycles. The number of ether oxygens (including phenoxy) is 1. The molecule has 1 saturated heterocycles. The number of rotatable bonds is 2. The smallest absolute Gasteiger partial charge is 0.254 e. The van der Waals surface area contributed by atoms with E-state index in [-0.39, 0.29) is 11.9 Å². The summed E-state index contributed by atoms with van der Waals surface area (Å²) >= 11 is 9.48. The van der Waals surface area contributed by atoms with E-state index in [1.165, 1.54) is 0 Å². The quantitative estimate of drug-likeness (QED) is 0.779. The average Bonchev–Trinajstić information content (AvgIpc) is 2.41. The molecule has 1 atom stereocenters. The highest BCUT2D eigenvalue weighted by Gasteiger charge is 2.27. The second-order valence-corrected chi connectivity index (χ2v) is 5.40. The number of nitrogens with zero attached hydrogens (tertiary/aromatic N) is 1. The first-order valence-corrected chi connectivity index (χ1v) is 7.34. The van der Waals surface area contributed by atoms with Crippen LogP contribution in [-0.4, -0.2) is 41.9 Å². The van der Waals surface area contributed by atoms with Crippen LogP contribution in [-0.2, 0) is 4.74 Å². The molecule has 0 saturated carbocycles. The lowest BCUT2D eigenvalue weighted by atomic mass is 10.1. The Hall–Kier alpha value is -0.580. The fourth-order valence-corrected chi connectivity index (χ4v) is 2.66. The number of carbonyl (C=O) groups is 1. The summed E-state index contributed by atoms with van der Waals surface area (Å²) in [6.07, 6.45) is 0. The molecule has 0 radical (unpaired) electrons. The Balaban J connectivity index is 2.21. The van der Waals surface area contributed by atoms with Crippen LogP contribution in [0.15, 0.2) is 18.2 Å². The van der Waals surface area contributed by atoms with E-state index in [0.717, 1.165) is 10.9 Å². The number of amides is 1. The minimum atomic E-state index is 0.0182. The van der Waals surface area contributed by atoms with Gasteiger partial charge in [-0.1, -0.05) is 33.6 Å². The topological polar surface area (TPSA) is 29.5 Å². The third-order valence-corrected chi connectivity index (χ3v) is 4.24. The highest BCUT2D eigenvalue weighted by Crippen LogP contribution is 2.20. The van der Waals surface area contributed by atoms with Crippen molar-refractivity contribution in [3.05, 3.63) is 34.3 Å². The van der Waals surface area contributed by atoms with Crippen LogP contribution < -0.4 is 0 Å². The number of hydrogen-bond acceptors (Lipinski definition) is 2. The van der Waals surface area contributed by atoms with Gasteiger partial charge in [0.2, 0.25) is 0 Å². The highest BCUT2D eigenvalue weighted by atomic mass is 79.9. The summed E-state index contributed by atoms with van der Waals surface area (Å²) in [5.41, 5.74) is 1.62. The molecule has 1 aliphatic heterocycles. The minimum Gasteiger partial charge on any atom is -0.377 e. The SMILES string of the molecule is Cc1ccc(C(=O)N2CCOCC2CBr)cc1Cl. The first-order valence-electron chi connectivity index (χ1n) is 5.84. The van der Waals surface area contributed by atoms with Crippen LogP contribution in [0.3, 0.4) is 0 Å². The van der Waals surface area contributed by atoms with E-state index in [9.17, 15) is 4.79 Å². The zero-order valence-electron chi connectivity index (χ0n) is 10.2. The standard InChI is InChI=1S/C13H15BrClNO2/c1-9-2-3-10(6-12(9)15)13(17)16-4-5-18-8-11(16)7-14/h2-3,6,11H,4-5,7-8H2,1H3. The third-order valence-electron chi connectivity index (χ3n) is 3.09. The zero-order valence-corrected chi connectivity index (χ0v) is 12.5. The van der Waals surface area contributed by atoms with Gasteiger partial charge in [-0.15, -0.1) is 0 Å². The van der Waals surface area contributed by atoms with Crippen LogP contribution in [0.25, 0.3) is 0 Å². The van der Waals surface area contributed by atoms with Crippen molar-refractivity contribution in [2.24, 2.45) is 0 Å². The van der Waals surface area contributed by atoms with Crippen LogP contribution >= 0.6 is 27.5 Å². The lowest BCUT2D eigenvalue weighted by molar-refractivity contribution is 0.00525. The van der Waals surface area contributed by atoms with Crippen LogP contribution in [0.1, 0.15) is 15.9 Å². The van der Waals surface area contributed by atoms with Gasteiger partial charge < -0.3 is 9.64 Å². The Morgan fingerprint density at radius 1 is 1.61 bits per heavy atom. The molecular formula is C13H15BrClNO2. The Morgan fingerprint density at radius 2 is 2.39 bits per heavy atom. The maximum absolute atomic E-state index is 12.4. The monoisotopic (exact) mass is 331 g/mol. The molecule has 0 bridgehead atoms. The van der Waals surface area contributed by atoms with E-state index >= 15 is 0 Å². The van der Waals surface area contributed by atoms with Gasteiger partial charge >= 0.3 is 0 Å². The summed E-state index contributed by atoms with van der Waals surface area (Å²) < 4.78 is 5.38. The summed E-state index contributed by atoms with van der Waals surface area (Å²) in [7, 11) is 0. The summed E-state index contributed by atoms with van der Waals surface area (Å²) in [5.74, 6) is 0.0182. The molecule has 5 heteroatoms. The Kier molecular flexibility index (Phi) is 4.65. The van der Waals surface area contributed by atoms with Gasteiger partial charge in [0.05, 0.1) is 19.3 Å². The Morgan fingerprint density at radius 3 is 3.06 bits per heavy atom. The maximum Gasteiger partial charge on any atom is 0.254 e. The first-order chi connectivity index (χ1) is 8.63. The van der Waals surface area contributed by atoms with E-state index in [4.69, 9.17) is 16.3 Å². The van der Waals surface area contributed by atoms with Crippen LogP contribution in [0.5, 0.6) is 0 Å². The molecule has 98 valence electrons. The van der Waals surface area contributed by atoms with Gasteiger partial charge in [0.1, 0.15) is 0 Å². The van der Waals surface area contributed by atoms with Crippen molar-refractivity contribution in [1.29, 1.82) is 0 Å². The van der Waals surface area contributed by atoms with Gasteiger partial charge in [-0.25, -0.2) is 0 Å². The molecule has 1 aromatic carbocycles. The largest absolute Gasteiger partial charge is 0.377 e. The molecular weight excluding hydrogens is 318 g/mol. The molecule has 0 spiro atoms. The fourth-order valence-electron chi connectivity index (χ4n) is 1.94. The number of halogens is 2. The molecule has 1 heterocycles. The van der Waals surface area contributed by atoms with Gasteiger partial charge in [0, 0.05) is 22.5 Å². The second kappa shape index (κ2) is 6.04. The van der Waals surface area contributed by atoms with Gasteiger partial charge in [-0.05, 0) is 24.6 Å². The Bertz CT molecular complexity index is 453. The van der Waals surface area contributed by atoms with Gasteiger partial charge in [0.15, 0.2) is 0 Å². The number of benzene rings is 1. The second-order valence-electron chi connectivity index (χ2n) is 4.35. The van der Waals surface area contributed by atoms with Crippen molar-refractivity contribution in [3.8, 4) is 0 Å². The first kappa shape index (κ1) is 13.8. The lowest BCUT2D eigenvalue weighted by Crippen LogP contribution is -2.49. The predicted octanol–water partition coefficient (Wildman–Crippen LogP) is 2.88. The van der Waals surface area contributed by atoms with E-state index in [1.54, 1.807) is 6.07 Å². The molecule has 1 amide bonds. The number of hydrogen-bond donors (Lipinski definition) is 0. The summed E-state index contributed by atoms with van der Waals surface area (Å²) in [4.78, 5) is 14.3. The average molecular weight is 333 g/mol. The van der Waals surface area contributed by atoms with Crippen molar-refractivity contribution < 1.29 is 9.53 Å². The third kappa shape index (κ3) is 2.87. The van der Waals surface area contributed by atoms with Gasteiger partial charge in [0.25, 0.3) is 5.91 Å². The van der Waals surface area contributed by atoms with Crippen molar-refractivity contribution >= 4 is 33.4 Å².